The van der Waals surface area contributed by atoms with E-state index >= 15 is 0 Å². The molecule has 0 aliphatic heterocycles. The van der Waals surface area contributed by atoms with Crippen molar-refractivity contribution in [3.8, 4) is 0 Å². The van der Waals surface area contributed by atoms with Crippen molar-refractivity contribution in [3.05, 3.63) is 22.2 Å². The molecule has 2 atom stereocenters. The van der Waals surface area contributed by atoms with Crippen molar-refractivity contribution in [1.82, 2.24) is 4.98 Å². The van der Waals surface area contributed by atoms with Crippen molar-refractivity contribution in [2.45, 2.75) is 31.4 Å². The normalized spacial score (nSPS) is 22.2. The van der Waals surface area contributed by atoms with Crippen LogP contribution in [0.25, 0.3) is 0 Å². The van der Waals surface area contributed by atoms with Crippen LogP contribution >= 0.6 is 0 Å². The average molecular weight is 266 g/mol. The Kier molecular flexibility index (Phi) is 4.16. The van der Waals surface area contributed by atoms with E-state index in [4.69, 9.17) is 4.74 Å². The largest absolute Gasteiger partial charge is 0.379 e. The highest BCUT2D eigenvalue weighted by Gasteiger charge is 2.27. The zero-order chi connectivity index (χ0) is 13.8. The molecule has 104 valence electrons. The van der Waals surface area contributed by atoms with Gasteiger partial charge in [0.15, 0.2) is 0 Å². The third-order valence-corrected chi connectivity index (χ3v) is 3.37. The van der Waals surface area contributed by atoms with Gasteiger partial charge in [0.05, 0.1) is 29.2 Å². The maximum Gasteiger partial charge on any atom is 0.276 e. The van der Waals surface area contributed by atoms with E-state index in [0.29, 0.717) is 11.6 Å². The second kappa shape index (κ2) is 5.83. The van der Waals surface area contributed by atoms with Gasteiger partial charge in [-0.1, -0.05) is 0 Å². The predicted octanol–water partition coefficient (Wildman–Crippen LogP) is 2.01. The van der Waals surface area contributed by atoms with Crippen LogP contribution in [0.3, 0.4) is 0 Å². The van der Waals surface area contributed by atoms with Crippen molar-refractivity contribution < 1.29 is 9.66 Å². The molecule has 1 aromatic heterocycles. The molecule has 0 spiro atoms. The van der Waals surface area contributed by atoms with Crippen LogP contribution in [0.2, 0.25) is 0 Å². The Morgan fingerprint density at radius 1 is 1.42 bits per heavy atom. The molecule has 1 aliphatic rings. The van der Waals surface area contributed by atoms with Crippen LogP contribution < -0.4 is 10.6 Å². The SMILES string of the molecule is CNc1cc([N+](=O)[O-])cc(NC2CCCC2OC)n1. The summed E-state index contributed by atoms with van der Waals surface area (Å²) >= 11 is 0. The Morgan fingerprint density at radius 3 is 2.79 bits per heavy atom. The van der Waals surface area contributed by atoms with E-state index in [2.05, 4.69) is 15.6 Å². The third kappa shape index (κ3) is 3.11. The first kappa shape index (κ1) is 13.5. The monoisotopic (exact) mass is 266 g/mol. The number of methoxy groups -OCH3 is 1. The summed E-state index contributed by atoms with van der Waals surface area (Å²) < 4.78 is 5.39. The average Bonchev–Trinajstić information content (AvgIpc) is 2.85. The van der Waals surface area contributed by atoms with Gasteiger partial charge in [0.25, 0.3) is 5.69 Å². The zero-order valence-corrected chi connectivity index (χ0v) is 11.0. The number of hydrogen-bond acceptors (Lipinski definition) is 6. The first-order chi connectivity index (χ1) is 9.13. The first-order valence-corrected chi connectivity index (χ1v) is 6.27. The lowest BCUT2D eigenvalue weighted by Crippen LogP contribution is -2.30. The molecule has 2 rings (SSSR count). The van der Waals surface area contributed by atoms with Crippen molar-refractivity contribution in [2.75, 3.05) is 24.8 Å². The van der Waals surface area contributed by atoms with Gasteiger partial charge in [-0.3, -0.25) is 10.1 Å². The molecule has 1 saturated carbocycles. The number of pyridine rings is 1. The van der Waals surface area contributed by atoms with Crippen molar-refractivity contribution >= 4 is 17.3 Å². The van der Waals surface area contributed by atoms with Crippen LogP contribution in [0.1, 0.15) is 19.3 Å². The molecule has 19 heavy (non-hydrogen) atoms. The molecular weight excluding hydrogens is 248 g/mol. The molecule has 0 radical (unpaired) electrons. The molecule has 1 aromatic rings. The van der Waals surface area contributed by atoms with Gasteiger partial charge in [-0.25, -0.2) is 4.98 Å². The number of nitrogens with one attached hydrogen (secondary N) is 2. The number of rotatable bonds is 5. The van der Waals surface area contributed by atoms with Gasteiger partial charge < -0.3 is 15.4 Å². The number of aromatic nitrogens is 1. The molecule has 7 nitrogen and oxygen atoms in total. The fraction of sp³-hybridized carbons (Fsp3) is 0.583. The Balaban J connectivity index is 2.19. The number of ether oxygens (including phenoxy) is 1. The van der Waals surface area contributed by atoms with Crippen LogP contribution in [-0.2, 0) is 4.74 Å². The molecule has 0 aromatic carbocycles. The summed E-state index contributed by atoms with van der Waals surface area (Å²) in [4.78, 5) is 14.7. The van der Waals surface area contributed by atoms with E-state index in [0.717, 1.165) is 19.3 Å². The highest BCUT2D eigenvalue weighted by molar-refractivity contribution is 5.54. The predicted molar refractivity (Wildman–Crippen MR) is 72.5 cm³/mol. The lowest BCUT2D eigenvalue weighted by molar-refractivity contribution is -0.384. The topological polar surface area (TPSA) is 89.3 Å². The number of hydrogen-bond donors (Lipinski definition) is 2. The summed E-state index contributed by atoms with van der Waals surface area (Å²) in [6.45, 7) is 0. The van der Waals surface area contributed by atoms with Gasteiger partial charge in [0.1, 0.15) is 11.6 Å². The maximum absolute atomic E-state index is 10.9. The highest BCUT2D eigenvalue weighted by atomic mass is 16.6. The fourth-order valence-corrected chi connectivity index (χ4v) is 2.39. The molecule has 0 amide bonds. The van der Waals surface area contributed by atoms with Gasteiger partial charge >= 0.3 is 0 Å². The molecule has 7 heteroatoms. The van der Waals surface area contributed by atoms with Crippen molar-refractivity contribution in [1.29, 1.82) is 0 Å². The molecule has 0 bridgehead atoms. The smallest absolute Gasteiger partial charge is 0.276 e. The molecule has 1 fully saturated rings. The Bertz CT molecular complexity index is 466. The van der Waals surface area contributed by atoms with Gasteiger partial charge in [0.2, 0.25) is 0 Å². The van der Waals surface area contributed by atoms with Gasteiger partial charge in [-0.05, 0) is 19.3 Å². The summed E-state index contributed by atoms with van der Waals surface area (Å²) in [6.07, 6.45) is 3.21. The lowest BCUT2D eigenvalue weighted by Gasteiger charge is -2.20. The summed E-state index contributed by atoms with van der Waals surface area (Å²) in [5, 5.41) is 16.9. The minimum absolute atomic E-state index is 0.0220. The second-order valence-electron chi connectivity index (χ2n) is 4.56. The maximum atomic E-state index is 10.9. The summed E-state index contributed by atoms with van der Waals surface area (Å²) in [6, 6.07) is 3.02. The van der Waals surface area contributed by atoms with Crippen LogP contribution in [0.15, 0.2) is 12.1 Å². The zero-order valence-electron chi connectivity index (χ0n) is 11.0. The standard InChI is InChI=1S/C12H18N4O3/c1-13-11-6-8(16(17)18)7-12(15-11)14-9-4-3-5-10(9)19-2/h6-7,9-10H,3-5H2,1-2H3,(H2,13,14,15). The summed E-state index contributed by atoms with van der Waals surface area (Å²) in [5.41, 5.74) is 0.0220. The quantitative estimate of drug-likeness (QED) is 0.626. The molecule has 1 heterocycles. The molecule has 1 aliphatic carbocycles. The molecular formula is C12H18N4O3. The molecule has 2 N–H and O–H groups in total. The number of anilines is 2. The minimum atomic E-state index is -0.420. The van der Waals surface area contributed by atoms with E-state index < -0.39 is 4.92 Å². The lowest BCUT2D eigenvalue weighted by atomic mass is 10.2. The second-order valence-corrected chi connectivity index (χ2v) is 4.56. The number of nitrogens with zero attached hydrogens (tertiary/aromatic N) is 2. The van der Waals surface area contributed by atoms with Crippen LogP contribution in [0.5, 0.6) is 0 Å². The van der Waals surface area contributed by atoms with Crippen LogP contribution in [0.4, 0.5) is 17.3 Å². The van der Waals surface area contributed by atoms with Crippen molar-refractivity contribution in [3.63, 3.8) is 0 Å². The summed E-state index contributed by atoms with van der Waals surface area (Å²) in [5.74, 6) is 0.983. The first-order valence-electron chi connectivity index (χ1n) is 6.27. The highest BCUT2D eigenvalue weighted by Crippen LogP contribution is 2.27. The molecule has 2 unspecified atom stereocenters. The van der Waals surface area contributed by atoms with Gasteiger partial charge in [0, 0.05) is 14.2 Å². The van der Waals surface area contributed by atoms with E-state index in [1.165, 1.54) is 12.1 Å². The van der Waals surface area contributed by atoms with Gasteiger partial charge in [-0.2, -0.15) is 0 Å². The Morgan fingerprint density at radius 2 is 2.16 bits per heavy atom. The van der Waals surface area contributed by atoms with Crippen LogP contribution in [0, 0.1) is 10.1 Å². The Labute approximate surface area is 111 Å². The van der Waals surface area contributed by atoms with E-state index in [9.17, 15) is 10.1 Å². The van der Waals surface area contributed by atoms with E-state index in [1.54, 1.807) is 14.2 Å². The Hall–Kier alpha value is -1.89. The number of nitro groups is 1. The minimum Gasteiger partial charge on any atom is -0.379 e. The summed E-state index contributed by atoms with van der Waals surface area (Å²) in [7, 11) is 3.37. The van der Waals surface area contributed by atoms with Crippen molar-refractivity contribution in [2.24, 2.45) is 0 Å². The fourth-order valence-electron chi connectivity index (χ4n) is 2.39. The van der Waals surface area contributed by atoms with E-state index in [1.807, 2.05) is 0 Å². The molecule has 0 saturated heterocycles. The van der Waals surface area contributed by atoms with Gasteiger partial charge in [-0.15, -0.1) is 0 Å². The third-order valence-electron chi connectivity index (χ3n) is 3.37. The van der Waals surface area contributed by atoms with Crippen LogP contribution in [-0.4, -0.2) is 36.2 Å². The van der Waals surface area contributed by atoms with E-state index in [-0.39, 0.29) is 17.8 Å².